The number of carbonyl (C=O) groups is 1. The molecule has 1 rings (SSSR count). The summed E-state index contributed by atoms with van der Waals surface area (Å²) in [5.74, 6) is -0.0816. The Morgan fingerprint density at radius 3 is 2.19 bits per heavy atom. The molecular formula is C12H18O3Si. The van der Waals surface area contributed by atoms with Crippen LogP contribution in [-0.4, -0.2) is 19.4 Å². The molecule has 0 aliphatic carbocycles. The number of aromatic carboxylic acids is 1. The number of rotatable bonds is 3. The highest BCUT2D eigenvalue weighted by Gasteiger charge is 2.19. The Hall–Kier alpha value is -1.29. The zero-order chi connectivity index (χ0) is 12.5. The minimum Gasteiger partial charge on any atom is -0.544 e. The molecule has 0 atom stereocenters. The average Bonchev–Trinajstić information content (AvgIpc) is 2.10. The first-order valence-corrected chi connectivity index (χ1v) is 8.65. The molecule has 0 radical (unpaired) electrons. The van der Waals surface area contributed by atoms with Gasteiger partial charge in [-0.15, -0.1) is 0 Å². The van der Waals surface area contributed by atoms with E-state index in [1.54, 1.807) is 12.1 Å². The van der Waals surface area contributed by atoms with Crippen LogP contribution in [0, 0.1) is 13.8 Å². The molecule has 0 saturated heterocycles. The summed E-state index contributed by atoms with van der Waals surface area (Å²) < 4.78 is 5.89. The molecule has 3 nitrogen and oxygen atoms in total. The molecule has 0 aromatic heterocycles. The quantitative estimate of drug-likeness (QED) is 0.822. The van der Waals surface area contributed by atoms with E-state index in [1.807, 2.05) is 13.8 Å². The van der Waals surface area contributed by atoms with Crippen molar-refractivity contribution >= 4 is 14.3 Å². The molecule has 0 aliphatic rings. The first-order valence-electron chi connectivity index (χ1n) is 5.25. The fraction of sp³-hybridized carbons (Fsp3) is 0.417. The Balaban J connectivity index is 3.17. The van der Waals surface area contributed by atoms with E-state index in [0.717, 1.165) is 16.9 Å². The molecule has 0 spiro atoms. The minimum absolute atomic E-state index is 0.348. The largest absolute Gasteiger partial charge is 0.544 e. The Bertz CT molecular complexity index is 419. The number of carboxylic acid groups (broad SMARTS) is 1. The molecule has 1 aromatic carbocycles. The standard InChI is InChI=1S/C12H18O3Si/c1-8-9(2)11(15-16(3,4)5)7-6-10(8)12(13)14/h6-7H,1-5H3,(H,13,14). The molecular weight excluding hydrogens is 220 g/mol. The van der Waals surface area contributed by atoms with E-state index in [1.165, 1.54) is 0 Å². The van der Waals surface area contributed by atoms with Crippen molar-refractivity contribution in [2.24, 2.45) is 0 Å². The van der Waals surface area contributed by atoms with Crippen LogP contribution in [0.1, 0.15) is 21.5 Å². The third-order valence-electron chi connectivity index (χ3n) is 2.38. The highest BCUT2D eigenvalue weighted by atomic mass is 28.4. The van der Waals surface area contributed by atoms with Gasteiger partial charge in [0.1, 0.15) is 5.75 Å². The maximum absolute atomic E-state index is 10.9. The van der Waals surface area contributed by atoms with Gasteiger partial charge in [0.05, 0.1) is 5.56 Å². The average molecular weight is 238 g/mol. The monoisotopic (exact) mass is 238 g/mol. The summed E-state index contributed by atoms with van der Waals surface area (Å²) in [4.78, 5) is 10.9. The zero-order valence-corrected chi connectivity index (χ0v) is 11.4. The van der Waals surface area contributed by atoms with Crippen molar-refractivity contribution in [3.05, 3.63) is 28.8 Å². The molecule has 0 fully saturated rings. The van der Waals surface area contributed by atoms with Crippen molar-refractivity contribution in [2.45, 2.75) is 33.5 Å². The fourth-order valence-electron chi connectivity index (χ4n) is 1.47. The number of hydrogen-bond acceptors (Lipinski definition) is 2. The zero-order valence-electron chi connectivity index (χ0n) is 10.4. The van der Waals surface area contributed by atoms with Gasteiger partial charge in [-0.25, -0.2) is 4.79 Å². The summed E-state index contributed by atoms with van der Waals surface area (Å²) in [6, 6.07) is 3.37. The molecule has 0 saturated carbocycles. The van der Waals surface area contributed by atoms with Gasteiger partial charge in [0.15, 0.2) is 0 Å². The lowest BCUT2D eigenvalue weighted by molar-refractivity contribution is 0.0696. The fourth-order valence-corrected chi connectivity index (χ4v) is 2.35. The molecule has 16 heavy (non-hydrogen) atoms. The number of benzene rings is 1. The van der Waals surface area contributed by atoms with Crippen molar-refractivity contribution in [3.63, 3.8) is 0 Å². The lowest BCUT2D eigenvalue weighted by atomic mass is 10.0. The van der Waals surface area contributed by atoms with Crippen LogP contribution in [0.2, 0.25) is 19.6 Å². The second-order valence-corrected chi connectivity index (χ2v) is 9.31. The third kappa shape index (κ3) is 2.85. The highest BCUT2D eigenvalue weighted by Crippen LogP contribution is 2.26. The van der Waals surface area contributed by atoms with Crippen LogP contribution in [0.15, 0.2) is 12.1 Å². The van der Waals surface area contributed by atoms with E-state index < -0.39 is 14.3 Å². The molecule has 4 heteroatoms. The lowest BCUT2D eigenvalue weighted by Crippen LogP contribution is -2.29. The maximum Gasteiger partial charge on any atom is 0.335 e. The van der Waals surface area contributed by atoms with Crippen molar-refractivity contribution in [1.29, 1.82) is 0 Å². The van der Waals surface area contributed by atoms with Crippen LogP contribution >= 0.6 is 0 Å². The Kier molecular flexibility index (Phi) is 3.43. The number of carboxylic acids is 1. The number of hydrogen-bond donors (Lipinski definition) is 1. The van der Waals surface area contributed by atoms with Crippen LogP contribution in [-0.2, 0) is 0 Å². The van der Waals surface area contributed by atoms with Crippen molar-refractivity contribution < 1.29 is 14.3 Å². The Morgan fingerprint density at radius 1 is 1.19 bits per heavy atom. The Morgan fingerprint density at radius 2 is 1.75 bits per heavy atom. The lowest BCUT2D eigenvalue weighted by Gasteiger charge is -2.22. The topological polar surface area (TPSA) is 46.5 Å². The molecule has 0 amide bonds. The van der Waals surface area contributed by atoms with E-state index in [2.05, 4.69) is 19.6 Å². The van der Waals surface area contributed by atoms with Crippen LogP contribution in [0.3, 0.4) is 0 Å². The predicted octanol–water partition coefficient (Wildman–Crippen LogP) is 3.22. The molecule has 0 heterocycles. The predicted molar refractivity (Wildman–Crippen MR) is 66.8 cm³/mol. The van der Waals surface area contributed by atoms with Gasteiger partial charge >= 0.3 is 5.97 Å². The summed E-state index contributed by atoms with van der Waals surface area (Å²) in [6.07, 6.45) is 0. The maximum atomic E-state index is 10.9. The van der Waals surface area contributed by atoms with E-state index in [-0.39, 0.29) is 0 Å². The van der Waals surface area contributed by atoms with Crippen LogP contribution in [0.5, 0.6) is 5.75 Å². The van der Waals surface area contributed by atoms with Gasteiger partial charge in [0, 0.05) is 0 Å². The molecule has 0 bridgehead atoms. The normalized spacial score (nSPS) is 11.3. The smallest absolute Gasteiger partial charge is 0.335 e. The molecule has 88 valence electrons. The molecule has 1 N–H and O–H groups in total. The third-order valence-corrected chi connectivity index (χ3v) is 3.22. The second kappa shape index (κ2) is 4.29. The van der Waals surface area contributed by atoms with Gasteiger partial charge in [-0.1, -0.05) is 0 Å². The summed E-state index contributed by atoms with van der Waals surface area (Å²) in [5, 5.41) is 8.98. The molecule has 0 aliphatic heterocycles. The van der Waals surface area contributed by atoms with Crippen LogP contribution in [0.25, 0.3) is 0 Å². The van der Waals surface area contributed by atoms with Gasteiger partial charge in [0.2, 0.25) is 8.32 Å². The van der Waals surface area contributed by atoms with E-state index in [4.69, 9.17) is 9.53 Å². The summed E-state index contributed by atoms with van der Waals surface area (Å²) in [7, 11) is -1.64. The Labute approximate surface area is 97.2 Å². The van der Waals surface area contributed by atoms with Crippen LogP contribution in [0.4, 0.5) is 0 Å². The molecule has 1 aromatic rings. The van der Waals surface area contributed by atoms with Gasteiger partial charge < -0.3 is 9.53 Å². The first kappa shape index (κ1) is 12.8. The van der Waals surface area contributed by atoms with Crippen molar-refractivity contribution in [3.8, 4) is 5.75 Å². The van der Waals surface area contributed by atoms with Crippen molar-refractivity contribution in [1.82, 2.24) is 0 Å². The van der Waals surface area contributed by atoms with Gasteiger partial charge in [-0.3, -0.25) is 0 Å². The first-order chi connectivity index (χ1) is 7.22. The van der Waals surface area contributed by atoms with Gasteiger partial charge in [-0.05, 0) is 56.7 Å². The summed E-state index contributed by atoms with van der Waals surface area (Å²) in [5.41, 5.74) is 2.05. The van der Waals surface area contributed by atoms with Gasteiger partial charge in [-0.2, -0.15) is 0 Å². The summed E-state index contributed by atoms with van der Waals surface area (Å²) >= 11 is 0. The van der Waals surface area contributed by atoms with Crippen molar-refractivity contribution in [2.75, 3.05) is 0 Å². The van der Waals surface area contributed by atoms with Crippen LogP contribution < -0.4 is 4.43 Å². The summed E-state index contributed by atoms with van der Waals surface area (Å²) in [6.45, 7) is 10.0. The second-order valence-electron chi connectivity index (χ2n) is 4.88. The SMILES string of the molecule is Cc1c(O[Si](C)(C)C)ccc(C(=O)O)c1C. The van der Waals surface area contributed by atoms with E-state index >= 15 is 0 Å². The highest BCUT2D eigenvalue weighted by molar-refractivity contribution is 6.70. The van der Waals surface area contributed by atoms with Gasteiger partial charge in [0.25, 0.3) is 0 Å². The van der Waals surface area contributed by atoms with E-state index in [0.29, 0.717) is 5.56 Å². The molecule has 0 unspecified atom stereocenters. The minimum atomic E-state index is -1.64. The van der Waals surface area contributed by atoms with E-state index in [9.17, 15) is 4.79 Å².